The average molecular weight is 281 g/mol. The molecule has 0 spiro atoms. The SMILES string of the molecule is CC(C)(CCN)CCC(=O)N1CCN(CC2CC2)CC1. The molecule has 0 radical (unpaired) electrons. The molecule has 2 aliphatic rings. The number of hydrogen-bond acceptors (Lipinski definition) is 3. The minimum Gasteiger partial charge on any atom is -0.340 e. The molecule has 1 saturated carbocycles. The highest BCUT2D eigenvalue weighted by Crippen LogP contribution is 2.30. The highest BCUT2D eigenvalue weighted by atomic mass is 16.2. The summed E-state index contributed by atoms with van der Waals surface area (Å²) in [6, 6.07) is 0. The highest BCUT2D eigenvalue weighted by Gasteiger charge is 2.28. The number of carbonyl (C=O) groups excluding carboxylic acids is 1. The Hall–Kier alpha value is -0.610. The maximum absolute atomic E-state index is 12.3. The van der Waals surface area contributed by atoms with E-state index in [-0.39, 0.29) is 5.41 Å². The zero-order valence-electron chi connectivity index (χ0n) is 13.2. The first kappa shape index (κ1) is 15.8. The van der Waals surface area contributed by atoms with E-state index in [1.807, 2.05) is 0 Å². The van der Waals surface area contributed by atoms with Crippen molar-refractivity contribution >= 4 is 5.91 Å². The van der Waals surface area contributed by atoms with Gasteiger partial charge >= 0.3 is 0 Å². The lowest BCUT2D eigenvalue weighted by Crippen LogP contribution is -2.49. The lowest BCUT2D eigenvalue weighted by molar-refractivity contribution is -0.133. The molecule has 116 valence electrons. The van der Waals surface area contributed by atoms with Crippen LogP contribution in [0.3, 0.4) is 0 Å². The zero-order valence-corrected chi connectivity index (χ0v) is 13.2. The first-order valence-electron chi connectivity index (χ1n) is 8.20. The van der Waals surface area contributed by atoms with Gasteiger partial charge in [0.15, 0.2) is 0 Å². The average Bonchev–Trinajstić information content (AvgIpc) is 3.21. The summed E-state index contributed by atoms with van der Waals surface area (Å²) < 4.78 is 0. The second kappa shape index (κ2) is 6.90. The minimum atomic E-state index is 0.193. The second-order valence-corrected chi connectivity index (χ2v) is 7.33. The van der Waals surface area contributed by atoms with Gasteiger partial charge in [0.25, 0.3) is 0 Å². The molecule has 0 aromatic carbocycles. The quantitative estimate of drug-likeness (QED) is 0.772. The lowest BCUT2D eigenvalue weighted by Gasteiger charge is -2.35. The summed E-state index contributed by atoms with van der Waals surface area (Å²) in [6.07, 6.45) is 5.45. The van der Waals surface area contributed by atoms with Crippen molar-refractivity contribution in [1.82, 2.24) is 9.80 Å². The Bertz CT molecular complexity index is 318. The van der Waals surface area contributed by atoms with E-state index in [1.165, 1.54) is 19.4 Å². The molecule has 4 heteroatoms. The number of amides is 1. The van der Waals surface area contributed by atoms with E-state index in [1.54, 1.807) is 0 Å². The fourth-order valence-corrected chi connectivity index (χ4v) is 2.96. The van der Waals surface area contributed by atoms with Gasteiger partial charge in [-0.2, -0.15) is 0 Å². The second-order valence-electron chi connectivity index (χ2n) is 7.33. The number of nitrogens with two attached hydrogens (primary N) is 1. The minimum absolute atomic E-state index is 0.193. The zero-order chi connectivity index (χ0) is 14.6. The van der Waals surface area contributed by atoms with Gasteiger partial charge in [-0.3, -0.25) is 9.69 Å². The summed E-state index contributed by atoms with van der Waals surface area (Å²) in [5, 5.41) is 0. The van der Waals surface area contributed by atoms with Crippen molar-refractivity contribution in [3.63, 3.8) is 0 Å². The maximum atomic E-state index is 12.3. The van der Waals surface area contributed by atoms with E-state index >= 15 is 0 Å². The van der Waals surface area contributed by atoms with Crippen molar-refractivity contribution in [2.75, 3.05) is 39.3 Å². The summed E-state index contributed by atoms with van der Waals surface area (Å²) in [5.74, 6) is 1.29. The van der Waals surface area contributed by atoms with Crippen LogP contribution in [-0.2, 0) is 4.79 Å². The number of rotatable bonds is 7. The Balaban J connectivity index is 1.66. The standard InChI is InChI=1S/C16H31N3O/c1-16(2,7-8-17)6-5-15(20)19-11-9-18(10-12-19)13-14-3-4-14/h14H,3-13,17H2,1-2H3. The van der Waals surface area contributed by atoms with Crippen LogP contribution in [0, 0.1) is 11.3 Å². The van der Waals surface area contributed by atoms with Crippen LogP contribution in [0.15, 0.2) is 0 Å². The molecule has 1 aliphatic heterocycles. The van der Waals surface area contributed by atoms with Crippen molar-refractivity contribution < 1.29 is 4.79 Å². The molecular weight excluding hydrogens is 250 g/mol. The van der Waals surface area contributed by atoms with Crippen LogP contribution >= 0.6 is 0 Å². The molecule has 0 unspecified atom stereocenters. The molecule has 1 aliphatic carbocycles. The van der Waals surface area contributed by atoms with E-state index in [4.69, 9.17) is 5.73 Å². The van der Waals surface area contributed by atoms with Gasteiger partial charge in [0.05, 0.1) is 0 Å². The highest BCUT2D eigenvalue weighted by molar-refractivity contribution is 5.76. The molecule has 0 aromatic rings. The van der Waals surface area contributed by atoms with Crippen LogP contribution in [0.2, 0.25) is 0 Å². The first-order chi connectivity index (χ1) is 9.50. The molecule has 1 amide bonds. The number of nitrogens with zero attached hydrogens (tertiary/aromatic N) is 2. The molecular formula is C16H31N3O. The Labute approximate surface area is 123 Å². The molecule has 0 aromatic heterocycles. The van der Waals surface area contributed by atoms with E-state index < -0.39 is 0 Å². The largest absolute Gasteiger partial charge is 0.340 e. The Morgan fingerprint density at radius 1 is 1.15 bits per heavy atom. The predicted octanol–water partition coefficient (Wildman–Crippen LogP) is 1.70. The number of piperazine rings is 1. The lowest BCUT2D eigenvalue weighted by atomic mass is 9.84. The van der Waals surface area contributed by atoms with Gasteiger partial charge in [-0.05, 0) is 43.6 Å². The maximum Gasteiger partial charge on any atom is 0.222 e. The van der Waals surface area contributed by atoms with Crippen molar-refractivity contribution in [1.29, 1.82) is 0 Å². The smallest absolute Gasteiger partial charge is 0.222 e. The van der Waals surface area contributed by atoms with Gasteiger partial charge in [-0.15, -0.1) is 0 Å². The molecule has 0 bridgehead atoms. The molecule has 1 saturated heterocycles. The summed E-state index contributed by atoms with van der Waals surface area (Å²) in [7, 11) is 0. The fraction of sp³-hybridized carbons (Fsp3) is 0.938. The van der Waals surface area contributed by atoms with Crippen LogP contribution < -0.4 is 5.73 Å². The van der Waals surface area contributed by atoms with Gasteiger partial charge in [-0.1, -0.05) is 13.8 Å². The van der Waals surface area contributed by atoms with Gasteiger partial charge < -0.3 is 10.6 Å². The molecule has 20 heavy (non-hydrogen) atoms. The van der Waals surface area contributed by atoms with Crippen molar-refractivity contribution in [3.8, 4) is 0 Å². The van der Waals surface area contributed by atoms with Crippen LogP contribution in [-0.4, -0.2) is 55.0 Å². The molecule has 2 N–H and O–H groups in total. The Morgan fingerprint density at radius 3 is 2.35 bits per heavy atom. The molecule has 4 nitrogen and oxygen atoms in total. The first-order valence-corrected chi connectivity index (χ1v) is 8.20. The molecule has 0 atom stereocenters. The predicted molar refractivity (Wildman–Crippen MR) is 82.4 cm³/mol. The summed E-state index contributed by atoms with van der Waals surface area (Å²) in [6.45, 7) is 10.3. The van der Waals surface area contributed by atoms with Gasteiger partial charge in [0.1, 0.15) is 0 Å². The van der Waals surface area contributed by atoms with Crippen LogP contribution in [0.25, 0.3) is 0 Å². The van der Waals surface area contributed by atoms with E-state index in [0.29, 0.717) is 18.9 Å². The van der Waals surface area contributed by atoms with Gasteiger partial charge in [-0.25, -0.2) is 0 Å². The fourth-order valence-electron chi connectivity index (χ4n) is 2.96. The normalized spacial score (nSPS) is 21.2. The third kappa shape index (κ3) is 5.06. The van der Waals surface area contributed by atoms with Crippen LogP contribution in [0.1, 0.15) is 46.0 Å². The number of hydrogen-bond donors (Lipinski definition) is 1. The van der Waals surface area contributed by atoms with Crippen molar-refractivity contribution in [3.05, 3.63) is 0 Å². The van der Waals surface area contributed by atoms with Gasteiger partial charge in [0.2, 0.25) is 5.91 Å². The Morgan fingerprint density at radius 2 is 1.80 bits per heavy atom. The summed E-state index contributed by atoms with van der Waals surface area (Å²) in [5.41, 5.74) is 5.82. The van der Waals surface area contributed by atoms with Crippen molar-refractivity contribution in [2.45, 2.75) is 46.0 Å². The van der Waals surface area contributed by atoms with E-state index in [0.717, 1.165) is 44.9 Å². The van der Waals surface area contributed by atoms with Crippen molar-refractivity contribution in [2.24, 2.45) is 17.1 Å². The van der Waals surface area contributed by atoms with E-state index in [9.17, 15) is 4.79 Å². The monoisotopic (exact) mass is 281 g/mol. The summed E-state index contributed by atoms with van der Waals surface area (Å²) in [4.78, 5) is 16.9. The molecule has 2 fully saturated rings. The number of carbonyl (C=O) groups is 1. The van der Waals surface area contributed by atoms with Crippen LogP contribution in [0.5, 0.6) is 0 Å². The third-order valence-electron chi connectivity index (χ3n) is 4.78. The van der Waals surface area contributed by atoms with E-state index in [2.05, 4.69) is 23.6 Å². The Kier molecular flexibility index (Phi) is 5.44. The molecule has 2 rings (SSSR count). The van der Waals surface area contributed by atoms with Crippen LogP contribution in [0.4, 0.5) is 0 Å². The third-order valence-corrected chi connectivity index (χ3v) is 4.78. The topological polar surface area (TPSA) is 49.6 Å². The molecule has 1 heterocycles. The van der Waals surface area contributed by atoms with Gasteiger partial charge in [0, 0.05) is 39.1 Å². The summed E-state index contributed by atoms with van der Waals surface area (Å²) >= 11 is 0.